The van der Waals surface area contributed by atoms with E-state index in [4.69, 9.17) is 4.74 Å². The van der Waals surface area contributed by atoms with Crippen LogP contribution in [0.15, 0.2) is 30.6 Å². The number of benzene rings is 1. The van der Waals surface area contributed by atoms with Crippen molar-refractivity contribution in [3.63, 3.8) is 0 Å². The number of likely N-dealkylation sites (tertiary alicyclic amines) is 1. The summed E-state index contributed by atoms with van der Waals surface area (Å²) in [7, 11) is 4.22. The minimum Gasteiger partial charge on any atom is -0.496 e. The van der Waals surface area contributed by atoms with Gasteiger partial charge < -0.3 is 9.64 Å². The maximum absolute atomic E-state index is 13.2. The molecule has 27 heavy (non-hydrogen) atoms. The highest BCUT2D eigenvalue weighted by molar-refractivity contribution is 7.27. The van der Waals surface area contributed by atoms with Gasteiger partial charge in [-0.2, -0.15) is 10.1 Å². The van der Waals surface area contributed by atoms with E-state index in [1.165, 1.54) is 6.33 Å². The SMILES string of the molecule is COc1ccc(P)cc1C(=O)N1CCCC(c2cc(C)nc3ncnn23)C1. The predicted octanol–water partition coefficient (Wildman–Crippen LogP) is 1.96. The lowest BCUT2D eigenvalue weighted by Gasteiger charge is -2.33. The summed E-state index contributed by atoms with van der Waals surface area (Å²) in [6.07, 6.45) is 3.46. The van der Waals surface area contributed by atoms with Gasteiger partial charge in [-0.3, -0.25) is 4.79 Å². The Labute approximate surface area is 160 Å². The molecule has 0 saturated carbocycles. The molecular formula is C19H22N5O2P. The lowest BCUT2D eigenvalue weighted by Crippen LogP contribution is -2.40. The second-order valence-corrected chi connectivity index (χ2v) is 7.51. The van der Waals surface area contributed by atoms with Crippen LogP contribution in [0.1, 0.15) is 40.5 Å². The Morgan fingerprint density at radius 2 is 2.19 bits per heavy atom. The third-order valence-corrected chi connectivity index (χ3v) is 5.35. The Morgan fingerprint density at radius 1 is 1.33 bits per heavy atom. The van der Waals surface area contributed by atoms with E-state index in [0.717, 1.165) is 36.1 Å². The summed E-state index contributed by atoms with van der Waals surface area (Å²) < 4.78 is 7.19. The van der Waals surface area contributed by atoms with Crippen LogP contribution in [0.3, 0.4) is 0 Å². The molecule has 0 spiro atoms. The van der Waals surface area contributed by atoms with Crippen molar-refractivity contribution in [1.29, 1.82) is 0 Å². The zero-order valence-corrected chi connectivity index (χ0v) is 16.6. The number of ether oxygens (including phenoxy) is 1. The highest BCUT2D eigenvalue weighted by Crippen LogP contribution is 2.29. The van der Waals surface area contributed by atoms with Crippen molar-refractivity contribution in [3.05, 3.63) is 47.5 Å². The monoisotopic (exact) mass is 383 g/mol. The van der Waals surface area contributed by atoms with Crippen LogP contribution in [0.4, 0.5) is 0 Å². The molecule has 3 heterocycles. The van der Waals surface area contributed by atoms with Crippen LogP contribution in [0.25, 0.3) is 5.78 Å². The largest absolute Gasteiger partial charge is 0.496 e. The van der Waals surface area contributed by atoms with Gasteiger partial charge in [0.05, 0.1) is 18.4 Å². The Hall–Kier alpha value is -2.53. The predicted molar refractivity (Wildman–Crippen MR) is 106 cm³/mol. The van der Waals surface area contributed by atoms with Crippen molar-refractivity contribution in [3.8, 4) is 5.75 Å². The molecule has 4 rings (SSSR count). The zero-order valence-electron chi connectivity index (χ0n) is 15.4. The average molecular weight is 383 g/mol. The standard InChI is InChI=1S/C19H22N5O2P/c1-12-8-16(24-19(22-12)20-11-21-24)13-4-3-7-23(10-13)18(25)15-9-14(27)5-6-17(15)26-2/h5-6,8-9,11,13H,3-4,7,10,27H2,1-2H3. The molecule has 3 aromatic rings. The number of hydrogen-bond acceptors (Lipinski definition) is 5. The molecule has 1 fully saturated rings. The van der Waals surface area contributed by atoms with Gasteiger partial charge in [0.15, 0.2) is 0 Å². The fraction of sp³-hybridized carbons (Fsp3) is 0.368. The molecule has 8 heteroatoms. The van der Waals surface area contributed by atoms with Gasteiger partial charge >= 0.3 is 0 Å². The van der Waals surface area contributed by atoms with Crippen LogP contribution in [0, 0.1) is 6.92 Å². The number of piperidine rings is 1. The van der Waals surface area contributed by atoms with E-state index in [2.05, 4.69) is 24.3 Å². The smallest absolute Gasteiger partial charge is 0.257 e. The molecule has 1 aliphatic rings. The molecule has 2 aromatic heterocycles. The third kappa shape index (κ3) is 3.39. The molecule has 0 radical (unpaired) electrons. The summed E-state index contributed by atoms with van der Waals surface area (Å²) >= 11 is 0. The number of rotatable bonds is 3. The molecule has 1 aliphatic heterocycles. The van der Waals surface area contributed by atoms with Gasteiger partial charge in [0.25, 0.3) is 11.7 Å². The van der Waals surface area contributed by atoms with Gasteiger partial charge in [-0.15, -0.1) is 9.24 Å². The molecule has 2 atom stereocenters. The first-order valence-electron chi connectivity index (χ1n) is 8.97. The van der Waals surface area contributed by atoms with Crippen molar-refractivity contribution in [2.24, 2.45) is 0 Å². The Balaban J connectivity index is 1.64. The molecule has 2 unspecified atom stereocenters. The van der Waals surface area contributed by atoms with Crippen LogP contribution in [0.2, 0.25) is 0 Å². The molecule has 1 saturated heterocycles. The quantitative estimate of drug-likeness (QED) is 0.647. The first kappa shape index (κ1) is 17.9. The van der Waals surface area contributed by atoms with Crippen LogP contribution < -0.4 is 10.0 Å². The summed E-state index contributed by atoms with van der Waals surface area (Å²) in [5, 5.41) is 5.28. The van der Waals surface area contributed by atoms with E-state index in [9.17, 15) is 4.79 Å². The van der Waals surface area contributed by atoms with Gasteiger partial charge in [-0.25, -0.2) is 9.50 Å². The first-order valence-corrected chi connectivity index (χ1v) is 9.54. The molecule has 1 amide bonds. The summed E-state index contributed by atoms with van der Waals surface area (Å²) in [5.41, 5.74) is 2.56. The normalized spacial score (nSPS) is 17.3. The number of hydrogen-bond donors (Lipinski definition) is 0. The lowest BCUT2D eigenvalue weighted by molar-refractivity contribution is 0.0702. The highest BCUT2D eigenvalue weighted by atomic mass is 31.0. The fourth-order valence-electron chi connectivity index (χ4n) is 3.72. The number of methoxy groups -OCH3 is 1. The second-order valence-electron chi connectivity index (χ2n) is 6.84. The van der Waals surface area contributed by atoms with E-state index in [0.29, 0.717) is 23.6 Å². The van der Waals surface area contributed by atoms with Crippen LogP contribution in [-0.4, -0.2) is 50.6 Å². The van der Waals surface area contributed by atoms with Crippen LogP contribution in [0.5, 0.6) is 5.75 Å². The maximum Gasteiger partial charge on any atom is 0.257 e. The number of aryl methyl sites for hydroxylation is 1. The number of aromatic nitrogens is 4. The van der Waals surface area contributed by atoms with Gasteiger partial charge in [0.1, 0.15) is 12.1 Å². The van der Waals surface area contributed by atoms with E-state index in [1.807, 2.05) is 36.1 Å². The maximum atomic E-state index is 13.2. The average Bonchev–Trinajstić information content (AvgIpc) is 3.15. The van der Waals surface area contributed by atoms with E-state index in [-0.39, 0.29) is 11.8 Å². The third-order valence-electron chi connectivity index (χ3n) is 4.99. The summed E-state index contributed by atoms with van der Waals surface area (Å²) in [4.78, 5) is 23.7. The van der Waals surface area contributed by atoms with Crippen molar-refractivity contribution in [2.75, 3.05) is 20.2 Å². The second kappa shape index (κ2) is 7.24. The first-order chi connectivity index (χ1) is 13.1. The number of amides is 1. The molecule has 1 aromatic carbocycles. The van der Waals surface area contributed by atoms with Crippen molar-refractivity contribution >= 4 is 26.2 Å². The van der Waals surface area contributed by atoms with E-state index in [1.54, 1.807) is 11.6 Å². The lowest BCUT2D eigenvalue weighted by atomic mass is 9.93. The van der Waals surface area contributed by atoms with Gasteiger partial charge in [-0.05, 0) is 43.3 Å². The minimum absolute atomic E-state index is 0.00135. The topological polar surface area (TPSA) is 72.6 Å². The summed E-state index contributed by atoms with van der Waals surface area (Å²) in [6.45, 7) is 3.34. The number of carbonyl (C=O) groups is 1. The molecule has 0 N–H and O–H groups in total. The van der Waals surface area contributed by atoms with Crippen molar-refractivity contribution in [1.82, 2.24) is 24.5 Å². The van der Waals surface area contributed by atoms with Crippen molar-refractivity contribution in [2.45, 2.75) is 25.7 Å². The molecule has 0 bridgehead atoms. The van der Waals surface area contributed by atoms with Crippen molar-refractivity contribution < 1.29 is 9.53 Å². The Bertz CT molecular complexity index is 1000. The molecular weight excluding hydrogens is 361 g/mol. The van der Waals surface area contributed by atoms with Gasteiger partial charge in [0, 0.05) is 24.7 Å². The van der Waals surface area contributed by atoms with E-state index >= 15 is 0 Å². The van der Waals surface area contributed by atoms with Crippen LogP contribution >= 0.6 is 9.24 Å². The summed E-state index contributed by atoms with van der Waals surface area (Å²) in [5.74, 6) is 1.40. The Morgan fingerprint density at radius 3 is 3.00 bits per heavy atom. The number of fused-ring (bicyclic) bond motifs is 1. The molecule has 140 valence electrons. The minimum atomic E-state index is 0.00135. The highest BCUT2D eigenvalue weighted by Gasteiger charge is 2.29. The number of carbonyl (C=O) groups excluding carboxylic acids is 1. The van der Waals surface area contributed by atoms with Gasteiger partial charge in [-0.1, -0.05) is 6.07 Å². The molecule has 7 nitrogen and oxygen atoms in total. The van der Waals surface area contributed by atoms with E-state index < -0.39 is 0 Å². The van der Waals surface area contributed by atoms with Gasteiger partial charge in [0.2, 0.25) is 0 Å². The number of nitrogens with zero attached hydrogens (tertiary/aromatic N) is 5. The fourth-order valence-corrected chi connectivity index (χ4v) is 3.98. The van der Waals surface area contributed by atoms with Crippen LogP contribution in [-0.2, 0) is 0 Å². The summed E-state index contributed by atoms with van der Waals surface area (Å²) in [6, 6.07) is 7.66. The zero-order chi connectivity index (χ0) is 19.0. The molecule has 0 aliphatic carbocycles. The Kier molecular flexibility index (Phi) is 4.79.